The molecule has 2 aromatic rings. The van der Waals surface area contributed by atoms with Crippen LogP contribution < -0.4 is 10.1 Å². The number of aliphatic carboxylic acids is 1. The molecule has 0 aromatic heterocycles. The fourth-order valence-corrected chi connectivity index (χ4v) is 3.27. The number of rotatable bonds is 10. The van der Waals surface area contributed by atoms with Crippen molar-refractivity contribution in [2.75, 3.05) is 13.2 Å². The summed E-state index contributed by atoms with van der Waals surface area (Å²) in [7, 11) is 0. The molecule has 0 heterocycles. The Labute approximate surface area is 164 Å². The number of hydrogen-bond acceptors (Lipinski definition) is 4. The summed E-state index contributed by atoms with van der Waals surface area (Å²) in [6.45, 7) is 4.78. The van der Waals surface area contributed by atoms with Crippen LogP contribution >= 0.6 is 11.8 Å². The minimum atomic E-state index is -0.899. The normalized spacial score (nSPS) is 11.6. The van der Waals surface area contributed by atoms with Crippen LogP contribution in [0.5, 0.6) is 5.75 Å². The van der Waals surface area contributed by atoms with Gasteiger partial charge in [-0.25, -0.2) is 0 Å². The first kappa shape index (κ1) is 20.8. The molecule has 2 N–H and O–H groups in total. The Morgan fingerprint density at radius 1 is 1.11 bits per heavy atom. The summed E-state index contributed by atoms with van der Waals surface area (Å²) in [6.07, 6.45) is 1.64. The number of ether oxygens (including phenoxy) is 1. The third kappa shape index (κ3) is 6.98. The summed E-state index contributed by atoms with van der Waals surface area (Å²) >= 11 is 1.17. The first-order valence-corrected chi connectivity index (χ1v) is 9.81. The van der Waals surface area contributed by atoms with E-state index in [0.29, 0.717) is 23.6 Å². The predicted octanol–water partition coefficient (Wildman–Crippen LogP) is 4.15. The second kappa shape index (κ2) is 10.6. The number of carboxylic acids is 1. The van der Waals surface area contributed by atoms with Crippen LogP contribution in [0.2, 0.25) is 0 Å². The number of carbonyl (C=O) groups excluding carboxylic acids is 1. The molecule has 6 heteroatoms. The second-order valence-corrected chi connectivity index (χ2v) is 7.60. The highest BCUT2D eigenvalue weighted by Gasteiger charge is 2.17. The maximum absolute atomic E-state index is 12.4. The minimum Gasteiger partial charge on any atom is -0.494 e. The van der Waals surface area contributed by atoms with Crippen LogP contribution in [0.3, 0.4) is 0 Å². The van der Waals surface area contributed by atoms with Crippen molar-refractivity contribution in [3.63, 3.8) is 0 Å². The van der Waals surface area contributed by atoms with Crippen LogP contribution in [0.1, 0.15) is 35.7 Å². The molecule has 0 fully saturated rings. The van der Waals surface area contributed by atoms with Crippen molar-refractivity contribution >= 4 is 23.6 Å². The van der Waals surface area contributed by atoms with Crippen LogP contribution in [0, 0.1) is 6.92 Å². The summed E-state index contributed by atoms with van der Waals surface area (Å²) in [5, 5.41) is 11.3. The van der Waals surface area contributed by atoms with E-state index in [1.165, 1.54) is 17.3 Å². The van der Waals surface area contributed by atoms with E-state index in [9.17, 15) is 9.59 Å². The Kier molecular flexibility index (Phi) is 8.20. The summed E-state index contributed by atoms with van der Waals surface area (Å²) < 4.78 is 5.67. The first-order chi connectivity index (χ1) is 13.0. The molecular weight excluding hydrogens is 362 g/mol. The molecule has 0 saturated carbocycles. The van der Waals surface area contributed by atoms with Crippen molar-refractivity contribution in [1.82, 2.24) is 5.32 Å². The summed E-state index contributed by atoms with van der Waals surface area (Å²) in [4.78, 5) is 24.1. The van der Waals surface area contributed by atoms with Gasteiger partial charge in [0.2, 0.25) is 0 Å². The molecule has 0 saturated heterocycles. The number of nitrogens with one attached hydrogen (secondary N) is 1. The van der Waals surface area contributed by atoms with E-state index < -0.39 is 11.2 Å². The average molecular weight is 388 g/mol. The van der Waals surface area contributed by atoms with Crippen LogP contribution in [-0.4, -0.2) is 35.4 Å². The molecule has 2 rings (SSSR count). The van der Waals surface area contributed by atoms with E-state index in [1.54, 1.807) is 31.2 Å². The smallest absolute Gasteiger partial charge is 0.316 e. The molecule has 0 spiro atoms. The average Bonchev–Trinajstić information content (AvgIpc) is 2.66. The van der Waals surface area contributed by atoms with Gasteiger partial charge in [-0.2, -0.15) is 0 Å². The van der Waals surface area contributed by atoms with Gasteiger partial charge in [0.25, 0.3) is 5.91 Å². The fourth-order valence-electron chi connectivity index (χ4n) is 2.35. The number of carbonyl (C=O) groups is 2. The highest BCUT2D eigenvalue weighted by Crippen LogP contribution is 2.27. The number of amides is 1. The monoisotopic (exact) mass is 387 g/mol. The number of benzene rings is 2. The molecule has 0 aliphatic carbocycles. The molecule has 144 valence electrons. The molecule has 2 aromatic carbocycles. The van der Waals surface area contributed by atoms with Crippen LogP contribution in [0.25, 0.3) is 0 Å². The number of hydrogen-bond donors (Lipinski definition) is 2. The minimum absolute atomic E-state index is 0.185. The Balaban J connectivity index is 1.74. The number of carboxylic acid groups (broad SMARTS) is 1. The van der Waals surface area contributed by atoms with Gasteiger partial charge in [0.15, 0.2) is 0 Å². The largest absolute Gasteiger partial charge is 0.494 e. The molecule has 5 nitrogen and oxygen atoms in total. The van der Waals surface area contributed by atoms with Gasteiger partial charge in [-0.3, -0.25) is 9.59 Å². The maximum atomic E-state index is 12.4. The molecule has 0 aliphatic heterocycles. The van der Waals surface area contributed by atoms with Gasteiger partial charge in [0.05, 0.1) is 12.2 Å². The van der Waals surface area contributed by atoms with Crippen LogP contribution in [-0.2, 0) is 4.79 Å². The lowest BCUT2D eigenvalue weighted by molar-refractivity contribution is -0.136. The van der Waals surface area contributed by atoms with Crippen LogP contribution in [0.15, 0.2) is 53.4 Å². The molecule has 1 atom stereocenters. The van der Waals surface area contributed by atoms with E-state index >= 15 is 0 Å². The van der Waals surface area contributed by atoms with Gasteiger partial charge in [-0.1, -0.05) is 29.8 Å². The van der Waals surface area contributed by atoms with E-state index in [0.717, 1.165) is 18.6 Å². The van der Waals surface area contributed by atoms with Gasteiger partial charge in [-0.15, -0.1) is 11.8 Å². The van der Waals surface area contributed by atoms with Crippen molar-refractivity contribution in [3.8, 4) is 5.75 Å². The van der Waals surface area contributed by atoms with E-state index in [-0.39, 0.29) is 5.91 Å². The van der Waals surface area contributed by atoms with Gasteiger partial charge < -0.3 is 15.2 Å². The lowest BCUT2D eigenvalue weighted by atomic mass is 10.2. The third-order valence-electron chi connectivity index (χ3n) is 3.93. The Hall–Kier alpha value is -2.47. The van der Waals surface area contributed by atoms with Gasteiger partial charge in [0, 0.05) is 11.4 Å². The number of thioether (sulfide) groups is 1. The lowest BCUT2D eigenvalue weighted by Gasteiger charge is -2.12. The molecule has 0 bridgehead atoms. The summed E-state index contributed by atoms with van der Waals surface area (Å²) in [6, 6.07) is 15.0. The van der Waals surface area contributed by atoms with Gasteiger partial charge in [0.1, 0.15) is 11.0 Å². The fraction of sp³-hybridized carbons (Fsp3) is 0.333. The molecule has 1 unspecified atom stereocenters. The summed E-state index contributed by atoms with van der Waals surface area (Å²) in [5.74, 6) is -0.234. The second-order valence-electron chi connectivity index (χ2n) is 6.22. The topological polar surface area (TPSA) is 75.6 Å². The maximum Gasteiger partial charge on any atom is 0.316 e. The van der Waals surface area contributed by atoms with Crippen molar-refractivity contribution < 1.29 is 19.4 Å². The zero-order valence-electron chi connectivity index (χ0n) is 15.6. The number of unbranched alkanes of at least 4 members (excludes halogenated alkanes) is 1. The standard InChI is InChI=1S/C21H25NO4S/c1-15-9-11-17(12-10-15)26-14-6-5-13-22-20(23)18-7-3-4-8-19(18)27-16(2)21(24)25/h3-4,7-12,16H,5-6,13-14H2,1-2H3,(H,22,23)(H,24,25). The van der Waals surface area contributed by atoms with Crippen molar-refractivity contribution in [3.05, 3.63) is 59.7 Å². The van der Waals surface area contributed by atoms with Crippen molar-refractivity contribution in [1.29, 1.82) is 0 Å². The molecule has 27 heavy (non-hydrogen) atoms. The zero-order chi connectivity index (χ0) is 19.6. The Morgan fingerprint density at radius 3 is 2.52 bits per heavy atom. The van der Waals surface area contributed by atoms with Crippen LogP contribution in [0.4, 0.5) is 0 Å². The predicted molar refractivity (Wildman–Crippen MR) is 108 cm³/mol. The first-order valence-electron chi connectivity index (χ1n) is 8.93. The highest BCUT2D eigenvalue weighted by molar-refractivity contribution is 8.00. The SMILES string of the molecule is Cc1ccc(OCCCCNC(=O)c2ccccc2SC(C)C(=O)O)cc1. The zero-order valence-corrected chi connectivity index (χ0v) is 16.4. The third-order valence-corrected chi connectivity index (χ3v) is 5.09. The van der Waals surface area contributed by atoms with Gasteiger partial charge in [-0.05, 0) is 51.0 Å². The van der Waals surface area contributed by atoms with E-state index in [1.807, 2.05) is 31.2 Å². The molecular formula is C21H25NO4S. The highest BCUT2D eigenvalue weighted by atomic mass is 32.2. The summed E-state index contributed by atoms with van der Waals surface area (Å²) in [5.41, 5.74) is 1.70. The molecule has 1 amide bonds. The van der Waals surface area contributed by atoms with E-state index in [4.69, 9.17) is 9.84 Å². The number of aryl methyl sites for hydroxylation is 1. The quantitative estimate of drug-likeness (QED) is 0.473. The van der Waals surface area contributed by atoms with Crippen molar-refractivity contribution in [2.45, 2.75) is 36.8 Å². The Morgan fingerprint density at radius 2 is 1.81 bits per heavy atom. The molecule has 0 radical (unpaired) electrons. The van der Waals surface area contributed by atoms with E-state index in [2.05, 4.69) is 5.32 Å². The van der Waals surface area contributed by atoms with Crippen molar-refractivity contribution in [2.24, 2.45) is 0 Å². The van der Waals surface area contributed by atoms with Gasteiger partial charge >= 0.3 is 5.97 Å². The molecule has 0 aliphatic rings. The lowest BCUT2D eigenvalue weighted by Crippen LogP contribution is -2.25. The Bertz CT molecular complexity index is 761.